The number of rotatable bonds is 10. The molecule has 1 aliphatic carbocycles. The first-order chi connectivity index (χ1) is 21.7. The number of nitrogens with one attached hydrogen (secondary N) is 1. The van der Waals surface area contributed by atoms with Gasteiger partial charge in [-0.25, -0.2) is 9.67 Å². The molecule has 44 heavy (non-hydrogen) atoms. The first-order valence-electron chi connectivity index (χ1n) is 16.9. The van der Waals surface area contributed by atoms with Gasteiger partial charge in [-0.15, -0.1) is 0 Å². The van der Waals surface area contributed by atoms with Gasteiger partial charge >= 0.3 is 0 Å². The Hall–Kier alpha value is -2.66. The summed E-state index contributed by atoms with van der Waals surface area (Å²) < 4.78 is 10.6. The summed E-state index contributed by atoms with van der Waals surface area (Å²) in [5.74, 6) is 1.20. The number of ether oxygens (including phenoxy) is 1. The number of nitrogens with zero attached hydrogens (tertiary/aromatic N) is 6. The van der Waals surface area contributed by atoms with Crippen molar-refractivity contribution >= 4 is 34.6 Å². The standard InChI is InChI=1S/C34H47N7O2S/c42-34(37-44-24-8-15-38-20-22-43-23-21-38)29-25-30(40-18-13-27(14-19-40)39-16-5-2-6-17-39)31-32(26-9-7-10-26)36-41(33(31)35-29)28-11-3-1-4-12-28/h1,3-4,11-12,25-27H,2,5-10,13-24H2,(H,37,42). The van der Waals surface area contributed by atoms with Gasteiger partial charge in [0.05, 0.1) is 35.7 Å². The molecular weight excluding hydrogens is 570 g/mol. The Balaban J connectivity index is 1.15. The molecule has 3 saturated heterocycles. The summed E-state index contributed by atoms with van der Waals surface area (Å²) >= 11 is 1.49. The molecule has 1 saturated carbocycles. The SMILES string of the molecule is O=C(NSCCCN1CCOCC1)c1cc(N2CCC(N3CCCCC3)CC2)c2c(C3CCC3)nn(-c3ccccc3)c2n1. The minimum atomic E-state index is -0.126. The van der Waals surface area contributed by atoms with Crippen LogP contribution < -0.4 is 9.62 Å². The highest BCUT2D eigenvalue weighted by molar-refractivity contribution is 7.97. The molecule has 0 bridgehead atoms. The van der Waals surface area contributed by atoms with Crippen LogP contribution in [0.15, 0.2) is 36.4 Å². The Morgan fingerprint density at radius 2 is 1.70 bits per heavy atom. The van der Waals surface area contributed by atoms with Crippen LogP contribution in [0.3, 0.4) is 0 Å². The highest BCUT2D eigenvalue weighted by Gasteiger charge is 2.32. The number of fused-ring (bicyclic) bond motifs is 1. The van der Waals surface area contributed by atoms with Crippen molar-refractivity contribution in [3.05, 3.63) is 47.8 Å². The topological polar surface area (TPSA) is 78.8 Å². The molecule has 10 heteroatoms. The van der Waals surface area contributed by atoms with Gasteiger partial charge in [-0.2, -0.15) is 5.10 Å². The van der Waals surface area contributed by atoms with Gasteiger partial charge in [0.1, 0.15) is 5.69 Å². The Labute approximate surface area is 265 Å². The number of aromatic nitrogens is 3. The fourth-order valence-corrected chi connectivity index (χ4v) is 7.93. The molecule has 3 aromatic rings. The first kappa shape index (κ1) is 30.0. The van der Waals surface area contributed by atoms with E-state index in [1.165, 1.54) is 63.6 Å². The number of anilines is 1. The number of hydrogen-bond acceptors (Lipinski definition) is 8. The van der Waals surface area contributed by atoms with Crippen molar-refractivity contribution in [3.63, 3.8) is 0 Å². The number of amides is 1. The van der Waals surface area contributed by atoms with Crippen molar-refractivity contribution in [2.75, 3.05) is 69.7 Å². The third-order valence-corrected chi connectivity index (χ3v) is 10.9. The van der Waals surface area contributed by atoms with Gasteiger partial charge in [-0.1, -0.05) is 43.0 Å². The number of likely N-dealkylation sites (tertiary alicyclic amines) is 1. The largest absolute Gasteiger partial charge is 0.379 e. The molecule has 1 N–H and O–H groups in total. The van der Waals surface area contributed by atoms with Gasteiger partial charge in [0.25, 0.3) is 5.91 Å². The minimum absolute atomic E-state index is 0.126. The molecule has 7 rings (SSSR count). The van der Waals surface area contributed by atoms with Crippen LogP contribution in [0, 0.1) is 0 Å². The zero-order valence-electron chi connectivity index (χ0n) is 26.0. The highest BCUT2D eigenvalue weighted by Crippen LogP contribution is 2.43. The summed E-state index contributed by atoms with van der Waals surface area (Å²) in [6.45, 7) is 9.15. The average Bonchev–Trinajstić information content (AvgIpc) is 3.43. The van der Waals surface area contributed by atoms with Crippen molar-refractivity contribution in [1.29, 1.82) is 0 Å². The summed E-state index contributed by atoms with van der Waals surface area (Å²) in [6, 6.07) is 13.0. The molecule has 1 amide bonds. The molecule has 4 fully saturated rings. The van der Waals surface area contributed by atoms with Crippen molar-refractivity contribution in [1.82, 2.24) is 29.3 Å². The van der Waals surface area contributed by atoms with Gasteiger partial charge in [0.2, 0.25) is 0 Å². The van der Waals surface area contributed by atoms with Crippen LogP contribution in [-0.4, -0.2) is 101 Å². The van der Waals surface area contributed by atoms with Crippen LogP contribution in [-0.2, 0) is 4.74 Å². The number of hydrogen-bond donors (Lipinski definition) is 1. The average molecular weight is 618 g/mol. The first-order valence-corrected chi connectivity index (χ1v) is 17.9. The maximum absolute atomic E-state index is 13.6. The Morgan fingerprint density at radius 3 is 2.43 bits per heavy atom. The molecule has 9 nitrogen and oxygen atoms in total. The summed E-state index contributed by atoms with van der Waals surface area (Å²) in [6.07, 6.45) is 11.0. The van der Waals surface area contributed by atoms with Crippen LogP contribution in [0.2, 0.25) is 0 Å². The normalized spacial score (nSPS) is 21.0. The second-order valence-electron chi connectivity index (χ2n) is 12.9. The second-order valence-corrected chi connectivity index (χ2v) is 13.8. The summed E-state index contributed by atoms with van der Waals surface area (Å²) in [4.78, 5) is 26.4. The smallest absolute Gasteiger partial charge is 0.279 e. The fourth-order valence-electron chi connectivity index (χ4n) is 7.31. The summed E-state index contributed by atoms with van der Waals surface area (Å²) in [7, 11) is 0. The molecule has 3 aliphatic heterocycles. The van der Waals surface area contributed by atoms with Crippen LogP contribution in [0.4, 0.5) is 5.69 Å². The molecular formula is C34H47N7O2S. The zero-order valence-corrected chi connectivity index (χ0v) is 26.8. The number of morpholine rings is 1. The number of piperidine rings is 2. The minimum Gasteiger partial charge on any atom is -0.379 e. The number of pyridine rings is 1. The van der Waals surface area contributed by atoms with E-state index in [0.717, 1.165) is 99.1 Å². The molecule has 2 aromatic heterocycles. The van der Waals surface area contributed by atoms with E-state index >= 15 is 0 Å². The number of carbonyl (C=O) groups excluding carboxylic acids is 1. The van der Waals surface area contributed by atoms with E-state index in [0.29, 0.717) is 17.7 Å². The van der Waals surface area contributed by atoms with Gasteiger partial charge < -0.3 is 14.5 Å². The molecule has 0 atom stereocenters. The van der Waals surface area contributed by atoms with Crippen LogP contribution in [0.25, 0.3) is 16.7 Å². The third kappa shape index (κ3) is 6.64. The van der Waals surface area contributed by atoms with Crippen LogP contribution in [0.1, 0.15) is 79.9 Å². The lowest BCUT2D eigenvalue weighted by Gasteiger charge is -2.41. The van der Waals surface area contributed by atoms with E-state index in [1.54, 1.807) is 0 Å². The summed E-state index contributed by atoms with van der Waals surface area (Å²) in [5, 5.41) is 6.37. The predicted octanol–water partition coefficient (Wildman–Crippen LogP) is 5.24. The van der Waals surface area contributed by atoms with E-state index < -0.39 is 0 Å². The second kappa shape index (κ2) is 14.2. The zero-order chi connectivity index (χ0) is 29.7. The van der Waals surface area contributed by atoms with E-state index in [-0.39, 0.29) is 5.91 Å². The maximum atomic E-state index is 13.6. The van der Waals surface area contributed by atoms with Gasteiger partial charge in [-0.05, 0) is 82.8 Å². The molecule has 236 valence electrons. The molecule has 0 unspecified atom stereocenters. The van der Waals surface area contributed by atoms with E-state index in [4.69, 9.17) is 14.8 Å². The lowest BCUT2D eigenvalue weighted by molar-refractivity contribution is 0.0381. The van der Waals surface area contributed by atoms with Gasteiger partial charge in [-0.3, -0.25) is 14.4 Å². The Morgan fingerprint density at radius 1 is 0.932 bits per heavy atom. The molecule has 5 heterocycles. The Bertz CT molecular complexity index is 1390. The van der Waals surface area contributed by atoms with Crippen molar-refractivity contribution < 1.29 is 9.53 Å². The van der Waals surface area contributed by atoms with Crippen LogP contribution in [0.5, 0.6) is 0 Å². The fraction of sp³-hybridized carbons (Fsp3) is 0.618. The van der Waals surface area contributed by atoms with Gasteiger partial charge in [0, 0.05) is 43.9 Å². The predicted molar refractivity (Wildman–Crippen MR) is 178 cm³/mol. The highest BCUT2D eigenvalue weighted by atomic mass is 32.2. The summed E-state index contributed by atoms with van der Waals surface area (Å²) in [5.41, 5.74) is 4.55. The van der Waals surface area contributed by atoms with Gasteiger partial charge in [0.15, 0.2) is 5.65 Å². The van der Waals surface area contributed by atoms with E-state index in [9.17, 15) is 4.79 Å². The van der Waals surface area contributed by atoms with Crippen LogP contribution >= 0.6 is 11.9 Å². The van der Waals surface area contributed by atoms with Crippen molar-refractivity contribution in [2.24, 2.45) is 0 Å². The maximum Gasteiger partial charge on any atom is 0.279 e. The lowest BCUT2D eigenvalue weighted by Crippen LogP contribution is -2.46. The molecule has 1 aromatic carbocycles. The number of para-hydroxylation sites is 1. The molecule has 4 aliphatic rings. The van der Waals surface area contributed by atoms with E-state index in [1.807, 2.05) is 22.9 Å². The van der Waals surface area contributed by atoms with Crippen molar-refractivity contribution in [2.45, 2.75) is 69.7 Å². The quantitative estimate of drug-likeness (QED) is 0.245. The van der Waals surface area contributed by atoms with E-state index in [2.05, 4.69) is 37.6 Å². The lowest BCUT2D eigenvalue weighted by atomic mass is 9.82. The number of benzene rings is 1. The molecule has 0 spiro atoms. The third-order valence-electron chi connectivity index (χ3n) is 10.1. The molecule has 0 radical (unpaired) electrons. The van der Waals surface area contributed by atoms with Crippen molar-refractivity contribution in [3.8, 4) is 5.69 Å². The Kier molecular flexibility index (Phi) is 9.68. The monoisotopic (exact) mass is 617 g/mol. The number of carbonyl (C=O) groups is 1.